The Kier molecular flexibility index (Phi) is 1.54. The lowest BCUT2D eigenvalue weighted by molar-refractivity contribution is -0.121. The average Bonchev–Trinajstić information content (AvgIpc) is 2.81. The maximum atomic E-state index is 12.3. The molecular weight excluding hydrogens is 232 g/mol. The van der Waals surface area contributed by atoms with Crippen LogP contribution in [0.5, 0.6) is 5.75 Å². The van der Waals surface area contributed by atoms with E-state index in [4.69, 9.17) is 4.74 Å². The van der Waals surface area contributed by atoms with Gasteiger partial charge in [-0.05, 0) is 24.3 Å². The second kappa shape index (κ2) is 2.88. The number of hydrogen-bond acceptors (Lipinski definition) is 4. The Balaban J connectivity index is 2.01. The van der Waals surface area contributed by atoms with Gasteiger partial charge in [-0.15, -0.1) is 0 Å². The molecule has 2 aromatic rings. The quantitative estimate of drug-likeness (QED) is 0.752. The van der Waals surface area contributed by atoms with Crippen molar-refractivity contribution >= 4 is 11.6 Å². The van der Waals surface area contributed by atoms with E-state index in [2.05, 4.69) is 4.98 Å². The Morgan fingerprint density at radius 2 is 2.06 bits per heavy atom. The van der Waals surface area contributed by atoms with Gasteiger partial charge in [-0.3, -0.25) is 9.78 Å². The van der Waals surface area contributed by atoms with Gasteiger partial charge in [0.15, 0.2) is 0 Å². The summed E-state index contributed by atoms with van der Waals surface area (Å²) in [5, 5.41) is 10.6. The zero-order valence-corrected chi connectivity index (χ0v) is 9.20. The van der Waals surface area contributed by atoms with Crippen molar-refractivity contribution in [2.45, 2.75) is 5.91 Å². The summed E-state index contributed by atoms with van der Waals surface area (Å²) < 4.78 is 5.54. The van der Waals surface area contributed by atoms with E-state index in [9.17, 15) is 9.90 Å². The van der Waals surface area contributed by atoms with Crippen molar-refractivity contribution in [1.82, 2.24) is 4.98 Å². The number of para-hydroxylation sites is 2. The Bertz CT molecular complexity index is 685. The molecule has 0 saturated heterocycles. The number of carbonyl (C=O) groups is 1. The van der Waals surface area contributed by atoms with Crippen molar-refractivity contribution in [1.29, 1.82) is 0 Å². The molecule has 5 heteroatoms. The molecule has 0 saturated carbocycles. The summed E-state index contributed by atoms with van der Waals surface area (Å²) in [7, 11) is 0. The first-order valence-electron chi connectivity index (χ1n) is 5.52. The van der Waals surface area contributed by atoms with Gasteiger partial charge in [0, 0.05) is 6.20 Å². The van der Waals surface area contributed by atoms with Gasteiger partial charge in [0.2, 0.25) is 0 Å². The van der Waals surface area contributed by atoms with Gasteiger partial charge in [0.25, 0.3) is 5.91 Å². The fourth-order valence-corrected chi connectivity index (χ4v) is 2.46. The number of fused-ring (bicyclic) bond motifs is 5. The Morgan fingerprint density at radius 1 is 1.22 bits per heavy atom. The molecule has 1 aromatic carbocycles. The number of rotatable bonds is 0. The summed E-state index contributed by atoms with van der Waals surface area (Å²) in [5.41, 5.74) is 1.17. The highest BCUT2D eigenvalue weighted by Crippen LogP contribution is 2.50. The van der Waals surface area contributed by atoms with E-state index in [1.54, 1.807) is 36.4 Å². The Labute approximate surface area is 102 Å². The molecular formula is C13H8N2O3. The van der Waals surface area contributed by atoms with Gasteiger partial charge < -0.3 is 9.84 Å². The lowest BCUT2D eigenvalue weighted by atomic mass is 10.2. The fraction of sp³-hybridized carbons (Fsp3) is 0.0769. The summed E-state index contributed by atoms with van der Waals surface area (Å²) in [5.74, 6) is -1.62. The van der Waals surface area contributed by atoms with Gasteiger partial charge in [-0.1, -0.05) is 12.1 Å². The van der Waals surface area contributed by atoms with E-state index in [1.807, 2.05) is 0 Å². The van der Waals surface area contributed by atoms with Gasteiger partial charge >= 0.3 is 5.91 Å². The SMILES string of the molecule is O=C1c2ncccc2C2(O)Oc3ccccc3N12. The van der Waals surface area contributed by atoms with Crippen LogP contribution in [0.4, 0.5) is 5.69 Å². The van der Waals surface area contributed by atoms with Gasteiger partial charge in [-0.2, -0.15) is 0 Å². The molecule has 1 N–H and O–H groups in total. The molecule has 1 aromatic heterocycles. The lowest BCUT2D eigenvalue weighted by Gasteiger charge is -2.24. The minimum Gasteiger partial charge on any atom is -0.438 e. The van der Waals surface area contributed by atoms with Crippen LogP contribution in [0.15, 0.2) is 42.6 Å². The Hall–Kier alpha value is -2.40. The van der Waals surface area contributed by atoms with E-state index in [0.717, 1.165) is 0 Å². The number of nitrogens with zero attached hydrogens (tertiary/aromatic N) is 2. The highest BCUT2D eigenvalue weighted by molar-refractivity contribution is 6.11. The fourth-order valence-electron chi connectivity index (χ4n) is 2.46. The van der Waals surface area contributed by atoms with Crippen LogP contribution in [-0.4, -0.2) is 16.0 Å². The van der Waals surface area contributed by atoms with Crippen LogP contribution in [0.1, 0.15) is 16.1 Å². The maximum absolute atomic E-state index is 12.3. The van der Waals surface area contributed by atoms with Crippen LogP contribution >= 0.6 is 0 Å². The van der Waals surface area contributed by atoms with Crippen molar-refractivity contribution in [2.75, 3.05) is 4.90 Å². The largest absolute Gasteiger partial charge is 0.438 e. The van der Waals surface area contributed by atoms with Crippen LogP contribution < -0.4 is 9.64 Å². The molecule has 0 fully saturated rings. The standard InChI is InChI=1S/C13H8N2O3/c16-12-11-8(4-3-7-14-11)13(17)15(12)9-5-1-2-6-10(9)18-13/h1-7,17H. The summed E-state index contributed by atoms with van der Waals surface area (Å²) in [6.45, 7) is 0. The number of ether oxygens (including phenoxy) is 1. The lowest BCUT2D eigenvalue weighted by Crippen LogP contribution is -2.44. The van der Waals surface area contributed by atoms with Crippen molar-refractivity contribution in [3.63, 3.8) is 0 Å². The summed E-state index contributed by atoms with van der Waals surface area (Å²) >= 11 is 0. The molecule has 88 valence electrons. The van der Waals surface area contributed by atoms with Crippen LogP contribution in [0.25, 0.3) is 0 Å². The number of aromatic nitrogens is 1. The minimum absolute atomic E-state index is 0.231. The second-order valence-corrected chi connectivity index (χ2v) is 4.22. The molecule has 2 aliphatic rings. The molecule has 0 spiro atoms. The average molecular weight is 240 g/mol. The molecule has 18 heavy (non-hydrogen) atoms. The van der Waals surface area contributed by atoms with Crippen molar-refractivity contribution in [3.05, 3.63) is 53.9 Å². The van der Waals surface area contributed by atoms with E-state index < -0.39 is 5.91 Å². The smallest absolute Gasteiger partial charge is 0.330 e. The normalized spacial score (nSPS) is 23.4. The third kappa shape index (κ3) is 0.914. The van der Waals surface area contributed by atoms with E-state index in [-0.39, 0.29) is 11.6 Å². The number of hydrogen-bond donors (Lipinski definition) is 1. The molecule has 1 atom stereocenters. The van der Waals surface area contributed by atoms with E-state index in [1.165, 1.54) is 11.1 Å². The van der Waals surface area contributed by atoms with Crippen molar-refractivity contribution < 1.29 is 14.6 Å². The van der Waals surface area contributed by atoms with Crippen molar-refractivity contribution in [3.8, 4) is 5.75 Å². The van der Waals surface area contributed by atoms with Gasteiger partial charge in [-0.25, -0.2) is 4.90 Å². The van der Waals surface area contributed by atoms with Crippen LogP contribution in [0, 0.1) is 0 Å². The predicted octanol–water partition coefficient (Wildman–Crippen LogP) is 1.24. The molecule has 0 radical (unpaired) electrons. The zero-order valence-electron chi connectivity index (χ0n) is 9.20. The third-order valence-electron chi connectivity index (χ3n) is 3.23. The van der Waals surface area contributed by atoms with E-state index in [0.29, 0.717) is 17.0 Å². The van der Waals surface area contributed by atoms with Crippen LogP contribution in [0.3, 0.4) is 0 Å². The number of carbonyl (C=O) groups excluding carboxylic acids is 1. The molecule has 3 heterocycles. The number of aliphatic hydroxyl groups is 1. The molecule has 2 aliphatic heterocycles. The van der Waals surface area contributed by atoms with Gasteiger partial charge in [0.05, 0.1) is 11.3 Å². The number of anilines is 1. The monoisotopic (exact) mass is 240 g/mol. The molecule has 5 nitrogen and oxygen atoms in total. The van der Waals surface area contributed by atoms with Crippen molar-refractivity contribution in [2.24, 2.45) is 0 Å². The topological polar surface area (TPSA) is 62.7 Å². The summed E-state index contributed by atoms with van der Waals surface area (Å²) in [6.07, 6.45) is 1.52. The molecule has 1 amide bonds. The second-order valence-electron chi connectivity index (χ2n) is 4.22. The summed E-state index contributed by atoms with van der Waals surface area (Å²) in [4.78, 5) is 17.5. The molecule has 0 aliphatic carbocycles. The first kappa shape index (κ1) is 9.61. The molecule has 4 rings (SSSR count). The number of amides is 1. The Morgan fingerprint density at radius 3 is 2.94 bits per heavy atom. The predicted molar refractivity (Wildman–Crippen MR) is 62.0 cm³/mol. The molecule has 1 unspecified atom stereocenters. The first-order valence-corrected chi connectivity index (χ1v) is 5.52. The third-order valence-corrected chi connectivity index (χ3v) is 3.23. The highest BCUT2D eigenvalue weighted by Gasteiger charge is 2.57. The minimum atomic E-state index is -1.76. The maximum Gasteiger partial charge on any atom is 0.330 e. The number of benzene rings is 1. The van der Waals surface area contributed by atoms with Gasteiger partial charge in [0.1, 0.15) is 11.4 Å². The van der Waals surface area contributed by atoms with E-state index >= 15 is 0 Å². The molecule has 0 bridgehead atoms. The first-order chi connectivity index (χ1) is 8.72. The van der Waals surface area contributed by atoms with Crippen LogP contribution in [0.2, 0.25) is 0 Å². The highest BCUT2D eigenvalue weighted by atomic mass is 16.7. The number of pyridine rings is 1. The summed E-state index contributed by atoms with van der Waals surface area (Å²) in [6, 6.07) is 10.3. The zero-order chi connectivity index (χ0) is 12.3. The van der Waals surface area contributed by atoms with Crippen LogP contribution in [-0.2, 0) is 5.91 Å².